The fourth-order valence-electron chi connectivity index (χ4n) is 1.85. The number of anilines is 1. The lowest BCUT2D eigenvalue weighted by atomic mass is 10.1. The first-order valence-electron chi connectivity index (χ1n) is 5.93. The van der Waals surface area contributed by atoms with E-state index in [4.69, 9.17) is 16.3 Å². The SMILES string of the molecule is COc1cccc(Cl)c1CNc1ccc(C)cc1F. The minimum Gasteiger partial charge on any atom is -0.496 e. The molecular weight excluding hydrogens is 265 g/mol. The molecule has 0 heterocycles. The number of hydrogen-bond acceptors (Lipinski definition) is 2. The summed E-state index contributed by atoms with van der Waals surface area (Å²) in [5.41, 5.74) is 2.15. The quantitative estimate of drug-likeness (QED) is 0.895. The molecule has 1 N–H and O–H groups in total. The molecule has 0 amide bonds. The smallest absolute Gasteiger partial charge is 0.146 e. The van der Waals surface area contributed by atoms with E-state index in [1.807, 2.05) is 25.1 Å². The summed E-state index contributed by atoms with van der Waals surface area (Å²) < 4.78 is 19.0. The summed E-state index contributed by atoms with van der Waals surface area (Å²) in [5.74, 6) is 0.415. The van der Waals surface area contributed by atoms with Crippen LogP contribution in [0, 0.1) is 12.7 Å². The molecule has 2 rings (SSSR count). The van der Waals surface area contributed by atoms with E-state index in [9.17, 15) is 4.39 Å². The van der Waals surface area contributed by atoms with Gasteiger partial charge in [-0.2, -0.15) is 0 Å². The molecule has 2 nitrogen and oxygen atoms in total. The van der Waals surface area contributed by atoms with Crippen LogP contribution in [0.3, 0.4) is 0 Å². The van der Waals surface area contributed by atoms with Gasteiger partial charge in [0.15, 0.2) is 0 Å². The van der Waals surface area contributed by atoms with E-state index in [1.54, 1.807) is 19.2 Å². The molecule has 0 aliphatic heterocycles. The molecule has 0 aliphatic rings. The molecular formula is C15H15ClFNO. The van der Waals surface area contributed by atoms with Gasteiger partial charge in [-0.1, -0.05) is 23.7 Å². The third-order valence-electron chi connectivity index (χ3n) is 2.88. The number of benzene rings is 2. The first kappa shape index (κ1) is 13.7. The molecule has 0 spiro atoms. The van der Waals surface area contributed by atoms with Crippen molar-refractivity contribution in [2.45, 2.75) is 13.5 Å². The van der Waals surface area contributed by atoms with Crippen LogP contribution in [0.25, 0.3) is 0 Å². The number of nitrogens with one attached hydrogen (secondary N) is 1. The second kappa shape index (κ2) is 5.93. The van der Waals surface area contributed by atoms with E-state index in [0.29, 0.717) is 23.0 Å². The van der Waals surface area contributed by atoms with Crippen molar-refractivity contribution < 1.29 is 9.13 Å². The van der Waals surface area contributed by atoms with Crippen molar-refractivity contribution in [2.75, 3.05) is 12.4 Å². The Balaban J connectivity index is 2.19. The highest BCUT2D eigenvalue weighted by atomic mass is 35.5. The second-order valence-electron chi connectivity index (χ2n) is 4.26. The molecule has 0 aliphatic carbocycles. The fraction of sp³-hybridized carbons (Fsp3) is 0.200. The number of methoxy groups -OCH3 is 1. The first-order chi connectivity index (χ1) is 9.11. The molecule has 0 radical (unpaired) electrons. The van der Waals surface area contributed by atoms with Crippen molar-refractivity contribution in [3.05, 3.63) is 58.4 Å². The van der Waals surface area contributed by atoms with Crippen molar-refractivity contribution in [1.29, 1.82) is 0 Å². The van der Waals surface area contributed by atoms with E-state index in [0.717, 1.165) is 11.1 Å². The minimum atomic E-state index is -0.272. The summed E-state index contributed by atoms with van der Waals surface area (Å²) in [6, 6.07) is 10.5. The van der Waals surface area contributed by atoms with Crippen LogP contribution >= 0.6 is 11.6 Å². The van der Waals surface area contributed by atoms with Crippen LogP contribution in [0.5, 0.6) is 5.75 Å². The minimum absolute atomic E-state index is 0.272. The fourth-order valence-corrected chi connectivity index (χ4v) is 2.08. The van der Waals surface area contributed by atoms with E-state index in [-0.39, 0.29) is 5.82 Å². The van der Waals surface area contributed by atoms with Crippen LogP contribution in [-0.4, -0.2) is 7.11 Å². The predicted octanol–water partition coefficient (Wildman–Crippen LogP) is 4.41. The van der Waals surface area contributed by atoms with Gasteiger partial charge in [-0.05, 0) is 36.8 Å². The van der Waals surface area contributed by atoms with Gasteiger partial charge in [0.05, 0.1) is 12.8 Å². The lowest BCUT2D eigenvalue weighted by Gasteiger charge is -2.13. The largest absolute Gasteiger partial charge is 0.496 e. The predicted molar refractivity (Wildman–Crippen MR) is 76.5 cm³/mol. The van der Waals surface area contributed by atoms with Gasteiger partial charge in [-0.25, -0.2) is 4.39 Å². The average Bonchev–Trinajstić information content (AvgIpc) is 2.39. The number of aryl methyl sites for hydroxylation is 1. The molecule has 0 bridgehead atoms. The molecule has 0 saturated carbocycles. The zero-order valence-corrected chi connectivity index (χ0v) is 11.6. The molecule has 0 unspecified atom stereocenters. The van der Waals surface area contributed by atoms with Gasteiger partial charge < -0.3 is 10.1 Å². The average molecular weight is 280 g/mol. The maximum absolute atomic E-state index is 13.7. The van der Waals surface area contributed by atoms with Gasteiger partial charge in [0.25, 0.3) is 0 Å². The summed E-state index contributed by atoms with van der Waals surface area (Å²) >= 11 is 6.13. The highest BCUT2D eigenvalue weighted by Gasteiger charge is 2.08. The number of ether oxygens (including phenoxy) is 1. The lowest BCUT2D eigenvalue weighted by Crippen LogP contribution is -2.04. The molecule has 19 heavy (non-hydrogen) atoms. The summed E-state index contributed by atoms with van der Waals surface area (Å²) in [6.07, 6.45) is 0. The molecule has 2 aromatic rings. The standard InChI is InChI=1S/C15H15ClFNO/c1-10-6-7-14(13(17)8-10)18-9-11-12(16)4-3-5-15(11)19-2/h3-8,18H,9H2,1-2H3. The normalized spacial score (nSPS) is 10.3. The molecule has 0 atom stereocenters. The highest BCUT2D eigenvalue weighted by molar-refractivity contribution is 6.31. The van der Waals surface area contributed by atoms with Gasteiger partial charge in [-0.3, -0.25) is 0 Å². The lowest BCUT2D eigenvalue weighted by molar-refractivity contribution is 0.410. The molecule has 0 saturated heterocycles. The van der Waals surface area contributed by atoms with Gasteiger partial charge >= 0.3 is 0 Å². The van der Waals surface area contributed by atoms with Crippen molar-refractivity contribution in [2.24, 2.45) is 0 Å². The van der Waals surface area contributed by atoms with E-state index >= 15 is 0 Å². The Morgan fingerprint density at radius 1 is 1.26 bits per heavy atom. The van der Waals surface area contributed by atoms with E-state index in [1.165, 1.54) is 6.07 Å². The van der Waals surface area contributed by atoms with Gasteiger partial charge in [0, 0.05) is 17.1 Å². The van der Waals surface area contributed by atoms with Crippen LogP contribution in [0.1, 0.15) is 11.1 Å². The van der Waals surface area contributed by atoms with Crippen LogP contribution in [-0.2, 0) is 6.54 Å². The maximum atomic E-state index is 13.7. The molecule has 4 heteroatoms. The summed E-state index contributed by atoms with van der Waals surface area (Å²) in [4.78, 5) is 0. The van der Waals surface area contributed by atoms with Gasteiger partial charge in [0.2, 0.25) is 0 Å². The summed E-state index contributed by atoms with van der Waals surface area (Å²) in [7, 11) is 1.58. The number of halogens is 2. The van der Waals surface area contributed by atoms with Crippen molar-refractivity contribution in [3.8, 4) is 5.75 Å². The Morgan fingerprint density at radius 3 is 2.74 bits per heavy atom. The van der Waals surface area contributed by atoms with Crippen LogP contribution in [0.15, 0.2) is 36.4 Å². The molecule has 2 aromatic carbocycles. The number of hydrogen-bond donors (Lipinski definition) is 1. The van der Waals surface area contributed by atoms with Crippen LogP contribution in [0.2, 0.25) is 5.02 Å². The molecule has 100 valence electrons. The summed E-state index contributed by atoms with van der Waals surface area (Å²) in [6.45, 7) is 2.26. The van der Waals surface area contributed by atoms with Crippen LogP contribution in [0.4, 0.5) is 10.1 Å². The Hall–Kier alpha value is -1.74. The highest BCUT2D eigenvalue weighted by Crippen LogP contribution is 2.27. The third-order valence-corrected chi connectivity index (χ3v) is 3.23. The van der Waals surface area contributed by atoms with E-state index in [2.05, 4.69) is 5.32 Å². The summed E-state index contributed by atoms with van der Waals surface area (Å²) in [5, 5.41) is 3.63. The van der Waals surface area contributed by atoms with Crippen molar-refractivity contribution in [3.63, 3.8) is 0 Å². The Kier molecular flexibility index (Phi) is 4.27. The van der Waals surface area contributed by atoms with Gasteiger partial charge in [-0.15, -0.1) is 0 Å². The van der Waals surface area contributed by atoms with E-state index < -0.39 is 0 Å². The Labute approximate surface area is 117 Å². The van der Waals surface area contributed by atoms with Crippen molar-refractivity contribution in [1.82, 2.24) is 0 Å². The monoisotopic (exact) mass is 279 g/mol. The van der Waals surface area contributed by atoms with Crippen LogP contribution < -0.4 is 10.1 Å². The number of rotatable bonds is 4. The third kappa shape index (κ3) is 3.18. The van der Waals surface area contributed by atoms with Crippen molar-refractivity contribution >= 4 is 17.3 Å². The Morgan fingerprint density at radius 2 is 2.05 bits per heavy atom. The zero-order valence-electron chi connectivity index (χ0n) is 10.8. The Bertz CT molecular complexity index is 586. The second-order valence-corrected chi connectivity index (χ2v) is 4.66. The topological polar surface area (TPSA) is 21.3 Å². The first-order valence-corrected chi connectivity index (χ1v) is 6.31. The molecule has 0 fully saturated rings. The zero-order chi connectivity index (χ0) is 13.8. The maximum Gasteiger partial charge on any atom is 0.146 e. The van der Waals surface area contributed by atoms with Gasteiger partial charge in [0.1, 0.15) is 11.6 Å². The molecule has 0 aromatic heterocycles.